The number of nitrogens with zero attached hydrogens (tertiary/aromatic N) is 2. The number of benzene rings is 1. The molecule has 10 heteroatoms. The van der Waals surface area contributed by atoms with E-state index in [1.165, 1.54) is 0 Å². The van der Waals surface area contributed by atoms with Crippen LogP contribution in [0.15, 0.2) is 35.2 Å². The molecule has 0 atom stereocenters. The van der Waals surface area contributed by atoms with Gasteiger partial charge < -0.3 is 5.32 Å². The average Bonchev–Trinajstić information content (AvgIpc) is 2.53. The van der Waals surface area contributed by atoms with Gasteiger partial charge in [0.1, 0.15) is 5.82 Å². The predicted molar refractivity (Wildman–Crippen MR) is 86.6 cm³/mol. The summed E-state index contributed by atoms with van der Waals surface area (Å²) in [7, 11) is -3.67. The molecular weight excluding hydrogens is 357 g/mol. The summed E-state index contributed by atoms with van der Waals surface area (Å²) in [5, 5.41) is 9.18. The summed E-state index contributed by atoms with van der Waals surface area (Å²) in [4.78, 5) is 0.196. The van der Waals surface area contributed by atoms with Crippen molar-refractivity contribution < 1.29 is 21.6 Å². The monoisotopic (exact) mass is 374 g/mol. The highest BCUT2D eigenvalue weighted by molar-refractivity contribution is 7.89. The Bertz CT molecular complexity index is 837. The van der Waals surface area contributed by atoms with Crippen molar-refractivity contribution in [3.63, 3.8) is 0 Å². The first-order valence-corrected chi connectivity index (χ1v) is 8.79. The maximum Gasteiger partial charge on any atom is 0.435 e. The van der Waals surface area contributed by atoms with Crippen LogP contribution in [0.25, 0.3) is 0 Å². The number of sulfonamides is 1. The van der Waals surface area contributed by atoms with Crippen LogP contribution in [-0.4, -0.2) is 31.7 Å². The molecule has 0 saturated carbocycles. The van der Waals surface area contributed by atoms with Gasteiger partial charge in [0.25, 0.3) is 0 Å². The minimum atomic E-state index is -4.55. The van der Waals surface area contributed by atoms with Gasteiger partial charge in [0.15, 0.2) is 5.69 Å². The van der Waals surface area contributed by atoms with Crippen molar-refractivity contribution in [3.8, 4) is 0 Å². The van der Waals surface area contributed by atoms with Gasteiger partial charge in [0.05, 0.1) is 4.90 Å². The number of anilines is 1. The molecule has 2 rings (SSSR count). The van der Waals surface area contributed by atoms with Gasteiger partial charge in [-0.25, -0.2) is 13.1 Å². The number of nitrogens with one attached hydrogen (secondary N) is 2. The zero-order valence-electron chi connectivity index (χ0n) is 13.6. The lowest BCUT2D eigenvalue weighted by Crippen LogP contribution is -2.29. The number of hydrogen-bond donors (Lipinski definition) is 2. The van der Waals surface area contributed by atoms with Crippen LogP contribution >= 0.6 is 0 Å². The lowest BCUT2D eigenvalue weighted by molar-refractivity contribution is -0.141. The summed E-state index contributed by atoms with van der Waals surface area (Å²) in [6, 6.07) is 7.05. The SMILES string of the molecule is Cc1ccc(C)c(S(=O)(=O)NCCNc2ccc(C(F)(F)F)nn2)c1. The van der Waals surface area contributed by atoms with E-state index in [0.717, 1.165) is 17.7 Å². The van der Waals surface area contributed by atoms with Crippen molar-refractivity contribution in [2.45, 2.75) is 24.9 Å². The highest BCUT2D eigenvalue weighted by Crippen LogP contribution is 2.27. The van der Waals surface area contributed by atoms with Crippen LogP contribution in [-0.2, 0) is 16.2 Å². The van der Waals surface area contributed by atoms with Gasteiger partial charge in [-0.3, -0.25) is 0 Å². The Labute approximate surface area is 143 Å². The van der Waals surface area contributed by atoms with Gasteiger partial charge in [0, 0.05) is 13.1 Å². The topological polar surface area (TPSA) is 84.0 Å². The zero-order chi connectivity index (χ0) is 18.7. The van der Waals surface area contributed by atoms with E-state index >= 15 is 0 Å². The van der Waals surface area contributed by atoms with Crippen LogP contribution < -0.4 is 10.0 Å². The summed E-state index contributed by atoms with van der Waals surface area (Å²) in [6.07, 6.45) is -4.55. The van der Waals surface area contributed by atoms with E-state index in [4.69, 9.17) is 0 Å². The van der Waals surface area contributed by atoms with Gasteiger partial charge >= 0.3 is 6.18 Å². The molecule has 0 fully saturated rings. The average molecular weight is 374 g/mol. The molecule has 0 amide bonds. The lowest BCUT2D eigenvalue weighted by Gasteiger charge is -2.11. The molecule has 0 aliphatic heterocycles. The highest BCUT2D eigenvalue weighted by atomic mass is 32.2. The number of hydrogen-bond acceptors (Lipinski definition) is 5. The second-order valence-corrected chi connectivity index (χ2v) is 7.13. The molecule has 136 valence electrons. The Kier molecular flexibility index (Phi) is 5.63. The molecule has 6 nitrogen and oxygen atoms in total. The Balaban J connectivity index is 1.91. The van der Waals surface area contributed by atoms with Crippen LogP contribution in [0, 0.1) is 13.8 Å². The highest BCUT2D eigenvalue weighted by Gasteiger charge is 2.32. The Morgan fingerprint density at radius 1 is 1.04 bits per heavy atom. The van der Waals surface area contributed by atoms with Gasteiger partial charge in [-0.1, -0.05) is 12.1 Å². The Hall–Kier alpha value is -2.20. The smallest absolute Gasteiger partial charge is 0.367 e. The summed E-state index contributed by atoms with van der Waals surface area (Å²) >= 11 is 0. The zero-order valence-corrected chi connectivity index (χ0v) is 14.4. The van der Waals surface area contributed by atoms with Crippen LogP contribution in [0.3, 0.4) is 0 Å². The first kappa shape index (κ1) is 19.1. The van der Waals surface area contributed by atoms with Crippen molar-refractivity contribution in [1.82, 2.24) is 14.9 Å². The standard InChI is InChI=1S/C15H17F3N4O2S/c1-10-3-4-11(2)12(9-10)25(23,24)20-8-7-19-14-6-5-13(21-22-14)15(16,17)18/h3-6,9,20H,7-8H2,1-2H3,(H,19,22). The molecular formula is C15H17F3N4O2S. The van der Waals surface area contributed by atoms with Crippen LogP contribution in [0.1, 0.15) is 16.8 Å². The van der Waals surface area contributed by atoms with E-state index in [2.05, 4.69) is 20.2 Å². The molecule has 2 N–H and O–H groups in total. The third-order valence-corrected chi connectivity index (χ3v) is 4.91. The minimum Gasteiger partial charge on any atom is -0.367 e. The number of alkyl halides is 3. The minimum absolute atomic E-state index is 0.0401. The van der Waals surface area contributed by atoms with Crippen molar-refractivity contribution in [2.24, 2.45) is 0 Å². The maximum absolute atomic E-state index is 12.4. The molecule has 0 aliphatic rings. The first-order valence-electron chi connectivity index (χ1n) is 7.31. The summed E-state index contributed by atoms with van der Waals surface area (Å²) < 4.78 is 64.1. The van der Waals surface area contributed by atoms with E-state index in [9.17, 15) is 21.6 Å². The second kappa shape index (κ2) is 7.36. The van der Waals surface area contributed by atoms with Crippen LogP contribution in [0.2, 0.25) is 0 Å². The van der Waals surface area contributed by atoms with Gasteiger partial charge in [-0.05, 0) is 43.2 Å². The van der Waals surface area contributed by atoms with E-state index in [1.807, 2.05) is 6.07 Å². The summed E-state index contributed by atoms with van der Waals surface area (Å²) in [5.41, 5.74) is 0.359. The van der Waals surface area contributed by atoms with Crippen molar-refractivity contribution >= 4 is 15.8 Å². The van der Waals surface area contributed by atoms with E-state index in [0.29, 0.717) is 5.56 Å². The van der Waals surface area contributed by atoms with Crippen molar-refractivity contribution in [1.29, 1.82) is 0 Å². The summed E-state index contributed by atoms with van der Waals surface area (Å²) in [5.74, 6) is 0.124. The second-order valence-electron chi connectivity index (χ2n) is 5.40. The van der Waals surface area contributed by atoms with Gasteiger partial charge in [0.2, 0.25) is 10.0 Å². The third-order valence-electron chi connectivity index (χ3n) is 3.31. The number of halogens is 3. The summed E-state index contributed by atoms with van der Waals surface area (Å²) in [6.45, 7) is 3.68. The fourth-order valence-corrected chi connectivity index (χ4v) is 3.39. The molecule has 2 aromatic rings. The third kappa shape index (κ3) is 5.13. The molecule has 0 spiro atoms. The Morgan fingerprint density at radius 2 is 1.76 bits per heavy atom. The molecule has 0 unspecified atom stereocenters. The van der Waals surface area contributed by atoms with Gasteiger partial charge in [-0.2, -0.15) is 13.2 Å². The van der Waals surface area contributed by atoms with Crippen molar-refractivity contribution in [3.05, 3.63) is 47.2 Å². The fraction of sp³-hybridized carbons (Fsp3) is 0.333. The predicted octanol–water partition coefficient (Wildman–Crippen LogP) is 2.50. The Morgan fingerprint density at radius 3 is 2.36 bits per heavy atom. The molecule has 1 heterocycles. The van der Waals surface area contributed by atoms with Gasteiger partial charge in [-0.15, -0.1) is 10.2 Å². The fourth-order valence-electron chi connectivity index (χ4n) is 2.03. The normalized spacial score (nSPS) is 12.2. The quantitative estimate of drug-likeness (QED) is 0.759. The van der Waals surface area contributed by atoms with E-state index < -0.39 is 21.9 Å². The molecule has 0 radical (unpaired) electrons. The molecule has 0 aliphatic carbocycles. The maximum atomic E-state index is 12.4. The lowest BCUT2D eigenvalue weighted by atomic mass is 10.2. The molecule has 0 saturated heterocycles. The van der Waals surface area contributed by atoms with E-state index in [1.54, 1.807) is 26.0 Å². The molecule has 25 heavy (non-hydrogen) atoms. The largest absolute Gasteiger partial charge is 0.435 e. The molecule has 1 aromatic carbocycles. The molecule has 0 bridgehead atoms. The number of aryl methyl sites for hydroxylation is 2. The van der Waals surface area contributed by atoms with Crippen LogP contribution in [0.5, 0.6) is 0 Å². The van der Waals surface area contributed by atoms with Crippen LogP contribution in [0.4, 0.5) is 19.0 Å². The first-order chi connectivity index (χ1) is 11.6. The van der Waals surface area contributed by atoms with E-state index in [-0.39, 0.29) is 23.8 Å². The number of rotatable bonds is 6. The van der Waals surface area contributed by atoms with Crippen molar-refractivity contribution in [2.75, 3.05) is 18.4 Å². The number of aromatic nitrogens is 2. The molecule has 1 aromatic heterocycles.